The van der Waals surface area contributed by atoms with Gasteiger partial charge in [0, 0.05) is 23.9 Å². The van der Waals surface area contributed by atoms with E-state index in [-0.39, 0.29) is 17.0 Å². The molecule has 1 fully saturated rings. The Labute approximate surface area is 143 Å². The normalized spacial score (nSPS) is 18.6. The molecule has 0 bridgehead atoms. The lowest BCUT2D eigenvalue weighted by molar-refractivity contribution is -0.122. The summed E-state index contributed by atoms with van der Waals surface area (Å²) >= 11 is 0. The summed E-state index contributed by atoms with van der Waals surface area (Å²) in [4.78, 5) is 22.9. The summed E-state index contributed by atoms with van der Waals surface area (Å²) in [5, 5.41) is 11.6. The van der Waals surface area contributed by atoms with Crippen molar-refractivity contribution in [1.29, 1.82) is 0 Å². The third-order valence-electron chi connectivity index (χ3n) is 4.41. The van der Waals surface area contributed by atoms with Gasteiger partial charge in [0.1, 0.15) is 11.6 Å². The molecule has 25 heavy (non-hydrogen) atoms. The van der Waals surface area contributed by atoms with Crippen LogP contribution in [0.15, 0.2) is 42.5 Å². The fourth-order valence-corrected chi connectivity index (χ4v) is 2.94. The summed E-state index contributed by atoms with van der Waals surface area (Å²) in [7, 11) is 0. The number of carboxylic acids is 1. The number of carboxylic acid groups (broad SMARTS) is 1. The SMILES string of the molecule is O=C(O)c1ccc(CCNC(=O)C2CC2c2c(F)cccc2F)cc1. The Morgan fingerprint density at radius 2 is 1.72 bits per heavy atom. The molecule has 130 valence electrons. The molecule has 0 saturated heterocycles. The van der Waals surface area contributed by atoms with Crippen LogP contribution in [-0.4, -0.2) is 23.5 Å². The monoisotopic (exact) mass is 345 g/mol. The highest BCUT2D eigenvalue weighted by molar-refractivity contribution is 5.87. The van der Waals surface area contributed by atoms with E-state index >= 15 is 0 Å². The van der Waals surface area contributed by atoms with Gasteiger partial charge in [-0.25, -0.2) is 13.6 Å². The maximum atomic E-state index is 13.7. The summed E-state index contributed by atoms with van der Waals surface area (Å²) in [6.07, 6.45) is 0.994. The first kappa shape index (κ1) is 17.1. The summed E-state index contributed by atoms with van der Waals surface area (Å²) in [5.74, 6) is -3.23. The topological polar surface area (TPSA) is 66.4 Å². The second-order valence-electron chi connectivity index (χ2n) is 6.13. The average molecular weight is 345 g/mol. The van der Waals surface area contributed by atoms with E-state index in [1.807, 2.05) is 0 Å². The Morgan fingerprint density at radius 1 is 1.08 bits per heavy atom. The van der Waals surface area contributed by atoms with E-state index < -0.39 is 29.4 Å². The van der Waals surface area contributed by atoms with Crippen molar-refractivity contribution in [1.82, 2.24) is 5.32 Å². The van der Waals surface area contributed by atoms with Gasteiger partial charge in [-0.2, -0.15) is 0 Å². The molecule has 0 aromatic heterocycles. The zero-order chi connectivity index (χ0) is 18.0. The molecule has 2 aromatic carbocycles. The fourth-order valence-electron chi connectivity index (χ4n) is 2.94. The van der Waals surface area contributed by atoms with Gasteiger partial charge < -0.3 is 10.4 Å². The minimum atomic E-state index is -0.986. The molecule has 1 saturated carbocycles. The van der Waals surface area contributed by atoms with Crippen LogP contribution < -0.4 is 5.32 Å². The fraction of sp³-hybridized carbons (Fsp3) is 0.263. The van der Waals surface area contributed by atoms with Crippen LogP contribution in [0.5, 0.6) is 0 Å². The van der Waals surface area contributed by atoms with Crippen LogP contribution in [0, 0.1) is 17.6 Å². The minimum absolute atomic E-state index is 0.00749. The van der Waals surface area contributed by atoms with Gasteiger partial charge in [0.05, 0.1) is 5.56 Å². The molecule has 0 aliphatic heterocycles. The maximum Gasteiger partial charge on any atom is 0.335 e. The number of amides is 1. The Bertz CT molecular complexity index is 785. The number of nitrogens with one attached hydrogen (secondary N) is 1. The zero-order valence-corrected chi connectivity index (χ0v) is 13.3. The van der Waals surface area contributed by atoms with Gasteiger partial charge in [0.2, 0.25) is 5.91 Å². The second kappa shape index (κ2) is 7.01. The van der Waals surface area contributed by atoms with E-state index in [4.69, 9.17) is 5.11 Å². The molecule has 1 aliphatic carbocycles. The molecular weight excluding hydrogens is 328 g/mol. The molecule has 3 rings (SSSR count). The van der Waals surface area contributed by atoms with Crippen molar-refractivity contribution in [2.45, 2.75) is 18.8 Å². The van der Waals surface area contributed by atoms with Gasteiger partial charge in [-0.05, 0) is 42.7 Å². The predicted octanol–water partition coefficient (Wildman–Crippen LogP) is 3.13. The average Bonchev–Trinajstić information content (AvgIpc) is 3.35. The minimum Gasteiger partial charge on any atom is -0.478 e. The van der Waals surface area contributed by atoms with Crippen molar-refractivity contribution in [2.24, 2.45) is 5.92 Å². The van der Waals surface area contributed by atoms with Crippen molar-refractivity contribution >= 4 is 11.9 Å². The Hall–Kier alpha value is -2.76. The third kappa shape index (κ3) is 3.84. The van der Waals surface area contributed by atoms with Crippen LogP contribution >= 0.6 is 0 Å². The van der Waals surface area contributed by atoms with Gasteiger partial charge in [0.15, 0.2) is 0 Å². The van der Waals surface area contributed by atoms with Crippen molar-refractivity contribution in [2.75, 3.05) is 6.54 Å². The third-order valence-corrected chi connectivity index (χ3v) is 4.41. The van der Waals surface area contributed by atoms with Crippen LogP contribution in [0.3, 0.4) is 0 Å². The molecule has 0 heterocycles. The van der Waals surface area contributed by atoms with Crippen LogP contribution in [0.1, 0.15) is 33.8 Å². The molecule has 1 amide bonds. The number of hydrogen-bond acceptors (Lipinski definition) is 2. The van der Waals surface area contributed by atoms with Gasteiger partial charge in [-0.15, -0.1) is 0 Å². The zero-order valence-electron chi connectivity index (χ0n) is 13.3. The molecule has 6 heteroatoms. The number of rotatable bonds is 6. The lowest BCUT2D eigenvalue weighted by Crippen LogP contribution is -2.27. The first-order chi connectivity index (χ1) is 12.0. The van der Waals surface area contributed by atoms with E-state index in [9.17, 15) is 18.4 Å². The standard InChI is InChI=1S/C19H17F2NO3/c20-15-2-1-3-16(21)17(15)13-10-14(13)18(23)22-9-8-11-4-6-12(7-5-11)19(24)25/h1-7,13-14H,8-10H2,(H,22,23)(H,24,25). The van der Waals surface area contributed by atoms with E-state index in [2.05, 4.69) is 5.32 Å². The number of benzene rings is 2. The van der Waals surface area contributed by atoms with Crippen LogP contribution in [0.2, 0.25) is 0 Å². The first-order valence-electron chi connectivity index (χ1n) is 8.01. The molecule has 4 nitrogen and oxygen atoms in total. The maximum absolute atomic E-state index is 13.7. The summed E-state index contributed by atoms with van der Waals surface area (Å²) in [6.45, 7) is 0.383. The van der Waals surface area contributed by atoms with Crippen molar-refractivity contribution in [3.05, 3.63) is 70.8 Å². The van der Waals surface area contributed by atoms with Gasteiger partial charge in [-0.3, -0.25) is 4.79 Å². The van der Waals surface area contributed by atoms with Crippen molar-refractivity contribution in [3.63, 3.8) is 0 Å². The quantitative estimate of drug-likeness (QED) is 0.845. The molecule has 2 aromatic rings. The molecule has 1 aliphatic rings. The largest absolute Gasteiger partial charge is 0.478 e. The van der Waals surface area contributed by atoms with E-state index in [0.717, 1.165) is 5.56 Å². The van der Waals surface area contributed by atoms with Crippen LogP contribution in [0.25, 0.3) is 0 Å². The summed E-state index contributed by atoms with van der Waals surface area (Å²) in [5.41, 5.74) is 1.10. The van der Waals surface area contributed by atoms with E-state index in [1.54, 1.807) is 12.1 Å². The second-order valence-corrected chi connectivity index (χ2v) is 6.13. The predicted molar refractivity (Wildman–Crippen MR) is 87.3 cm³/mol. The highest BCUT2D eigenvalue weighted by Crippen LogP contribution is 2.49. The number of carbonyl (C=O) groups is 2. The number of hydrogen-bond donors (Lipinski definition) is 2. The number of halogens is 2. The van der Waals surface area contributed by atoms with E-state index in [1.165, 1.54) is 30.3 Å². The number of carbonyl (C=O) groups excluding carboxylic acids is 1. The summed E-state index contributed by atoms with van der Waals surface area (Å²) < 4.78 is 27.5. The molecule has 2 unspecified atom stereocenters. The van der Waals surface area contributed by atoms with Gasteiger partial charge in [0.25, 0.3) is 0 Å². The highest BCUT2D eigenvalue weighted by atomic mass is 19.1. The lowest BCUT2D eigenvalue weighted by atomic mass is 10.1. The van der Waals surface area contributed by atoms with Crippen molar-refractivity contribution in [3.8, 4) is 0 Å². The highest BCUT2D eigenvalue weighted by Gasteiger charge is 2.46. The van der Waals surface area contributed by atoms with E-state index in [0.29, 0.717) is 19.4 Å². The molecule has 0 radical (unpaired) electrons. The number of aromatic carboxylic acids is 1. The van der Waals surface area contributed by atoms with Gasteiger partial charge in [-0.1, -0.05) is 18.2 Å². The smallest absolute Gasteiger partial charge is 0.335 e. The van der Waals surface area contributed by atoms with Gasteiger partial charge >= 0.3 is 5.97 Å². The lowest BCUT2D eigenvalue weighted by Gasteiger charge is -2.07. The Morgan fingerprint density at radius 3 is 2.32 bits per heavy atom. The van der Waals surface area contributed by atoms with Crippen LogP contribution in [-0.2, 0) is 11.2 Å². The molecule has 2 atom stereocenters. The van der Waals surface area contributed by atoms with Crippen LogP contribution in [0.4, 0.5) is 8.78 Å². The molecule has 2 N–H and O–H groups in total. The Kier molecular flexibility index (Phi) is 4.79. The first-order valence-corrected chi connectivity index (χ1v) is 8.01. The summed E-state index contributed by atoms with van der Waals surface area (Å²) in [6, 6.07) is 10.1. The molecular formula is C19H17F2NO3. The molecule has 0 spiro atoms. The Balaban J connectivity index is 1.50. The van der Waals surface area contributed by atoms with Crippen molar-refractivity contribution < 1.29 is 23.5 Å².